The Morgan fingerprint density at radius 3 is 2.28 bits per heavy atom. The molecule has 22 heteroatoms. The topological polar surface area (TPSA) is 230 Å². The number of hydrogen-bond donors (Lipinski definition) is 7. The number of aromatic amines is 1. The average Bonchev–Trinajstić information content (AvgIpc) is 2.80. The van der Waals surface area contributed by atoms with Gasteiger partial charge in [0.2, 0.25) is 0 Å². The van der Waals surface area contributed by atoms with Gasteiger partial charge in [0.1, 0.15) is 17.9 Å². The zero-order valence-corrected chi connectivity index (χ0v) is 19.4. The number of rotatable bonds is 9. The van der Waals surface area contributed by atoms with Crippen molar-refractivity contribution in [2.45, 2.75) is 23.8 Å². The first-order chi connectivity index (χ1) is 14.3. The summed E-state index contributed by atoms with van der Waals surface area (Å²) in [7, 11) is -17.4. The number of nitrogens with zero attached hydrogens (tertiary/aromatic N) is 1. The SMILES string of the molecule is O=P(O)(O)OP(=O)(O)OP(=O)(O)OC[C@@]1(F)O[C@@H](n2ccc(=S)[nH]c2=S)[C@@](O)(CF)C1O. The minimum atomic E-state index is -5.90. The van der Waals surface area contributed by atoms with Gasteiger partial charge in [-0.2, -0.15) is 8.62 Å². The Kier molecular flexibility index (Phi) is 8.18. The number of ether oxygens (including phenoxy) is 1. The molecule has 3 unspecified atom stereocenters. The summed E-state index contributed by atoms with van der Waals surface area (Å²) in [6.45, 7) is -3.62. The quantitative estimate of drug-likeness (QED) is 0.162. The van der Waals surface area contributed by atoms with Crippen LogP contribution >= 0.6 is 47.9 Å². The van der Waals surface area contributed by atoms with Crippen molar-refractivity contribution in [1.29, 1.82) is 0 Å². The molecule has 1 saturated heterocycles. The predicted octanol–water partition coefficient (Wildman–Crippen LogP) is 0.875. The zero-order chi connectivity index (χ0) is 24.8. The maximum atomic E-state index is 15.2. The summed E-state index contributed by atoms with van der Waals surface area (Å²) in [5, 5.41) is 20.6. The summed E-state index contributed by atoms with van der Waals surface area (Å²) in [6.07, 6.45) is -3.77. The van der Waals surface area contributed by atoms with Gasteiger partial charge in [0.05, 0.1) is 0 Å². The van der Waals surface area contributed by atoms with E-state index in [0.717, 1.165) is 10.8 Å². The van der Waals surface area contributed by atoms with E-state index < -0.39 is 60.5 Å². The van der Waals surface area contributed by atoms with Gasteiger partial charge in [-0.3, -0.25) is 9.09 Å². The second kappa shape index (κ2) is 9.37. The van der Waals surface area contributed by atoms with Crippen LogP contribution in [0.4, 0.5) is 8.78 Å². The van der Waals surface area contributed by atoms with Gasteiger partial charge in [-0.25, -0.2) is 22.5 Å². The molecular formula is C10H15F2N2O13P3S2. The maximum Gasteiger partial charge on any atom is 0.490 e. The Morgan fingerprint density at radius 1 is 1.19 bits per heavy atom. The number of phosphoric acid groups is 3. The van der Waals surface area contributed by atoms with E-state index in [1.807, 2.05) is 0 Å². The van der Waals surface area contributed by atoms with Crippen molar-refractivity contribution < 1.29 is 70.1 Å². The number of alkyl halides is 2. The van der Waals surface area contributed by atoms with E-state index in [4.69, 9.17) is 43.9 Å². The summed E-state index contributed by atoms with van der Waals surface area (Å²) >= 11 is 9.73. The lowest BCUT2D eigenvalue weighted by Gasteiger charge is -2.29. The first-order valence-corrected chi connectivity index (χ1v) is 13.1. The molecule has 2 heterocycles. The molecular weight excluding hydrogens is 551 g/mol. The molecule has 0 radical (unpaired) electrons. The van der Waals surface area contributed by atoms with Crippen molar-refractivity contribution in [3.63, 3.8) is 0 Å². The highest BCUT2D eigenvalue weighted by Gasteiger charge is 2.66. The van der Waals surface area contributed by atoms with Crippen LogP contribution in [0.5, 0.6) is 0 Å². The number of hydrogen-bond acceptors (Lipinski definition) is 11. The summed E-state index contributed by atoms with van der Waals surface area (Å²) in [4.78, 5) is 37.8. The highest BCUT2D eigenvalue weighted by atomic mass is 32.1. The molecule has 0 aromatic carbocycles. The zero-order valence-electron chi connectivity index (χ0n) is 15.1. The van der Waals surface area contributed by atoms with Gasteiger partial charge in [-0.15, -0.1) is 0 Å². The van der Waals surface area contributed by atoms with Crippen LogP contribution in [0.2, 0.25) is 0 Å². The van der Waals surface area contributed by atoms with Crippen molar-refractivity contribution in [2.24, 2.45) is 0 Å². The molecule has 32 heavy (non-hydrogen) atoms. The highest BCUT2D eigenvalue weighted by Crippen LogP contribution is 2.66. The van der Waals surface area contributed by atoms with Crippen LogP contribution in [-0.4, -0.2) is 70.2 Å². The molecule has 15 nitrogen and oxygen atoms in total. The summed E-state index contributed by atoms with van der Waals surface area (Å²) in [6, 6.07) is 1.20. The van der Waals surface area contributed by atoms with E-state index in [1.54, 1.807) is 0 Å². The molecule has 1 aliphatic heterocycles. The van der Waals surface area contributed by atoms with Crippen LogP contribution in [0.25, 0.3) is 0 Å². The van der Waals surface area contributed by atoms with E-state index in [1.165, 1.54) is 6.07 Å². The molecule has 1 aliphatic rings. The summed E-state index contributed by atoms with van der Waals surface area (Å²) in [5.74, 6) is -3.63. The Balaban J connectivity index is 2.27. The molecule has 6 atom stereocenters. The number of H-pyrrole nitrogens is 1. The number of nitrogens with one attached hydrogen (secondary N) is 1. The van der Waals surface area contributed by atoms with Crippen molar-refractivity contribution in [3.05, 3.63) is 21.7 Å². The molecule has 0 saturated carbocycles. The van der Waals surface area contributed by atoms with Crippen molar-refractivity contribution in [2.75, 3.05) is 13.3 Å². The average molecular weight is 566 g/mol. The van der Waals surface area contributed by atoms with Crippen LogP contribution in [-0.2, 0) is 31.6 Å². The van der Waals surface area contributed by atoms with Crippen molar-refractivity contribution in [3.8, 4) is 0 Å². The van der Waals surface area contributed by atoms with Crippen LogP contribution in [0.1, 0.15) is 6.23 Å². The molecule has 0 amide bonds. The van der Waals surface area contributed by atoms with Crippen LogP contribution < -0.4 is 0 Å². The van der Waals surface area contributed by atoms with Gasteiger partial charge in [0, 0.05) is 6.20 Å². The monoisotopic (exact) mass is 566 g/mol. The first-order valence-electron chi connectivity index (χ1n) is 7.77. The van der Waals surface area contributed by atoms with E-state index in [2.05, 4.69) is 18.1 Å². The predicted molar refractivity (Wildman–Crippen MR) is 101 cm³/mol. The smallest absolute Gasteiger partial charge is 0.384 e. The fourth-order valence-electron chi connectivity index (χ4n) is 2.49. The lowest BCUT2D eigenvalue weighted by molar-refractivity contribution is -0.204. The Morgan fingerprint density at radius 2 is 1.78 bits per heavy atom. The van der Waals surface area contributed by atoms with Gasteiger partial charge in [-0.1, -0.05) is 12.2 Å². The van der Waals surface area contributed by atoms with Gasteiger partial charge in [-0.05, 0) is 18.3 Å². The van der Waals surface area contributed by atoms with Gasteiger partial charge in [0.15, 0.2) is 22.7 Å². The molecule has 1 aromatic rings. The minimum Gasteiger partial charge on any atom is -0.384 e. The second-order valence-electron chi connectivity index (χ2n) is 6.17. The van der Waals surface area contributed by atoms with Crippen LogP contribution in [0, 0.1) is 9.41 Å². The molecule has 1 fully saturated rings. The van der Waals surface area contributed by atoms with Crippen molar-refractivity contribution in [1.82, 2.24) is 9.55 Å². The maximum absolute atomic E-state index is 15.2. The molecule has 7 N–H and O–H groups in total. The van der Waals surface area contributed by atoms with Crippen LogP contribution in [0.15, 0.2) is 12.3 Å². The van der Waals surface area contributed by atoms with Crippen molar-refractivity contribution >= 4 is 47.9 Å². The van der Waals surface area contributed by atoms with E-state index in [9.17, 15) is 33.2 Å². The molecule has 184 valence electrons. The standard InChI is InChI=1S/C10H15F2N2O13P3S2/c11-3-9(16)6(15)10(12,25-7(9)14-2-1-5(31)13-8(14)32)4-24-29(20,21)27-30(22,23)26-28(17,18)19/h1-2,6-7,15-16H,3-4H2,(H,20,21)(H,22,23)(H,13,31,32)(H2,17,18,19)/t6?,7-,9-,10-/m1/s1. The highest BCUT2D eigenvalue weighted by molar-refractivity contribution is 7.72. The second-order valence-corrected chi connectivity index (χ2v) is 11.4. The fourth-order valence-corrected chi connectivity index (χ4v) is 6.02. The first kappa shape index (κ1) is 27.9. The number of aliphatic hydroxyl groups is 2. The molecule has 0 aliphatic carbocycles. The van der Waals surface area contributed by atoms with Crippen LogP contribution in [0.3, 0.4) is 0 Å². The Bertz CT molecular complexity index is 1130. The third-order valence-electron chi connectivity index (χ3n) is 3.78. The summed E-state index contributed by atoms with van der Waals surface area (Å²) < 4.78 is 78.8. The van der Waals surface area contributed by atoms with E-state index in [-0.39, 0.29) is 9.41 Å². The summed E-state index contributed by atoms with van der Waals surface area (Å²) in [5.41, 5.74) is -3.01. The number of aliphatic hydroxyl groups excluding tert-OH is 1. The molecule has 2 rings (SSSR count). The normalized spacial score (nSPS) is 32.4. The Hall–Kier alpha value is -0.330. The van der Waals surface area contributed by atoms with E-state index >= 15 is 4.39 Å². The molecule has 1 aromatic heterocycles. The lowest BCUT2D eigenvalue weighted by Crippen LogP contribution is -2.52. The number of phosphoric ester groups is 1. The van der Waals surface area contributed by atoms with Gasteiger partial charge >= 0.3 is 23.5 Å². The van der Waals surface area contributed by atoms with Gasteiger partial charge < -0.3 is 39.5 Å². The largest absolute Gasteiger partial charge is 0.490 e. The number of halogens is 2. The van der Waals surface area contributed by atoms with E-state index in [0.29, 0.717) is 0 Å². The number of aromatic nitrogens is 2. The lowest BCUT2D eigenvalue weighted by atomic mass is 9.94. The molecule has 0 spiro atoms. The molecule has 0 bridgehead atoms. The fraction of sp³-hybridized carbons (Fsp3) is 0.600. The third-order valence-corrected chi connectivity index (χ3v) is 8.11. The third kappa shape index (κ3) is 6.41. The minimum absolute atomic E-state index is 0.104. The van der Waals surface area contributed by atoms with Gasteiger partial charge in [0.25, 0.3) is 5.85 Å². The Labute approximate surface area is 186 Å².